The Morgan fingerprint density at radius 1 is 1.21 bits per heavy atom. The number of sulfone groups is 1. The molecule has 1 aromatic carbocycles. The van der Waals surface area contributed by atoms with E-state index in [-0.39, 0.29) is 16.8 Å². The lowest BCUT2D eigenvalue weighted by atomic mass is 9.98. The molecule has 152 valence electrons. The van der Waals surface area contributed by atoms with Gasteiger partial charge in [0, 0.05) is 19.3 Å². The zero-order valence-electron chi connectivity index (χ0n) is 15.4. The number of rotatable bonds is 5. The Hall–Kier alpha value is -2.20. The van der Waals surface area contributed by atoms with Crippen molar-refractivity contribution in [3.63, 3.8) is 0 Å². The van der Waals surface area contributed by atoms with Gasteiger partial charge >= 0.3 is 6.18 Å². The summed E-state index contributed by atoms with van der Waals surface area (Å²) in [7, 11) is -3.28. The van der Waals surface area contributed by atoms with Gasteiger partial charge in [0.25, 0.3) is 0 Å². The van der Waals surface area contributed by atoms with Gasteiger partial charge in [-0.05, 0) is 36.6 Å². The van der Waals surface area contributed by atoms with Crippen LogP contribution in [0.1, 0.15) is 29.8 Å². The van der Waals surface area contributed by atoms with E-state index in [0.717, 1.165) is 24.1 Å². The van der Waals surface area contributed by atoms with Gasteiger partial charge < -0.3 is 4.74 Å². The van der Waals surface area contributed by atoms with Crippen LogP contribution in [0.4, 0.5) is 13.2 Å². The van der Waals surface area contributed by atoms with Crippen molar-refractivity contribution in [3.8, 4) is 5.88 Å². The summed E-state index contributed by atoms with van der Waals surface area (Å²) in [6, 6.07) is 5.03. The van der Waals surface area contributed by atoms with Crippen molar-refractivity contribution in [3.05, 3.63) is 47.4 Å². The molecule has 0 aliphatic carbocycles. The molecule has 28 heavy (non-hydrogen) atoms. The predicted octanol–water partition coefficient (Wildman–Crippen LogP) is 2.94. The molecular formula is C18H20F3N3O3S. The summed E-state index contributed by atoms with van der Waals surface area (Å²) < 4.78 is 64.7. The van der Waals surface area contributed by atoms with E-state index in [1.165, 1.54) is 18.6 Å². The first kappa shape index (κ1) is 20.5. The van der Waals surface area contributed by atoms with Gasteiger partial charge in [-0.15, -0.1) is 0 Å². The average Bonchev–Trinajstić information content (AvgIpc) is 2.64. The summed E-state index contributed by atoms with van der Waals surface area (Å²) in [6.45, 7) is 1.81. The number of ether oxygens (including phenoxy) is 1. The highest BCUT2D eigenvalue weighted by molar-refractivity contribution is 7.90. The molecule has 1 unspecified atom stereocenters. The maximum absolute atomic E-state index is 12.2. The summed E-state index contributed by atoms with van der Waals surface area (Å²) in [5.41, 5.74) is 2.65. The van der Waals surface area contributed by atoms with Crippen LogP contribution in [-0.2, 0) is 22.8 Å². The Bertz CT molecular complexity index is 947. The summed E-state index contributed by atoms with van der Waals surface area (Å²) in [5, 5.41) is 0. The van der Waals surface area contributed by atoms with Gasteiger partial charge in [-0.3, -0.25) is 9.88 Å². The molecule has 0 spiro atoms. The predicted molar refractivity (Wildman–Crippen MR) is 95.7 cm³/mol. The van der Waals surface area contributed by atoms with E-state index >= 15 is 0 Å². The molecule has 0 saturated heterocycles. The number of nitrogens with zero attached hydrogens (tertiary/aromatic N) is 3. The molecule has 1 atom stereocenters. The number of aromatic nitrogens is 2. The lowest BCUT2D eigenvalue weighted by Gasteiger charge is -2.33. The van der Waals surface area contributed by atoms with Crippen molar-refractivity contribution < 1.29 is 26.3 Å². The van der Waals surface area contributed by atoms with Crippen molar-refractivity contribution in [2.75, 3.05) is 19.4 Å². The SMILES string of the molecule is CC(c1cnc(OCC(F)(F)F)cn1)N1CCc2ccc(S(C)(=O)=O)cc2C1. The molecule has 0 N–H and O–H groups in total. The number of fused-ring (bicyclic) bond motifs is 1. The number of hydrogen-bond acceptors (Lipinski definition) is 6. The molecule has 10 heteroatoms. The van der Waals surface area contributed by atoms with Crippen LogP contribution in [0.2, 0.25) is 0 Å². The molecule has 0 radical (unpaired) electrons. The second-order valence-corrected chi connectivity index (χ2v) is 8.80. The van der Waals surface area contributed by atoms with Crippen LogP contribution >= 0.6 is 0 Å². The van der Waals surface area contributed by atoms with E-state index in [1.54, 1.807) is 12.1 Å². The topological polar surface area (TPSA) is 72.4 Å². The number of halogens is 3. The molecule has 0 fully saturated rings. The Balaban J connectivity index is 1.71. The third kappa shape index (κ3) is 4.99. The fraction of sp³-hybridized carbons (Fsp3) is 0.444. The number of alkyl halides is 3. The molecule has 2 aromatic rings. The van der Waals surface area contributed by atoms with Crippen molar-refractivity contribution in [1.82, 2.24) is 14.9 Å². The van der Waals surface area contributed by atoms with Gasteiger partial charge in [0.2, 0.25) is 5.88 Å². The average molecular weight is 415 g/mol. The first-order chi connectivity index (χ1) is 13.0. The summed E-state index contributed by atoms with van der Waals surface area (Å²) in [5.74, 6) is -0.185. The quantitative estimate of drug-likeness (QED) is 0.748. The minimum Gasteiger partial charge on any atom is -0.467 e. The minimum atomic E-state index is -4.43. The fourth-order valence-corrected chi connectivity index (χ4v) is 3.75. The molecule has 3 rings (SSSR count). The molecule has 0 amide bonds. The van der Waals surface area contributed by atoms with Gasteiger partial charge in [-0.1, -0.05) is 6.07 Å². The zero-order valence-corrected chi connectivity index (χ0v) is 16.2. The Labute approximate surface area is 161 Å². The Morgan fingerprint density at radius 3 is 2.57 bits per heavy atom. The number of benzene rings is 1. The third-order valence-corrected chi connectivity index (χ3v) is 5.77. The van der Waals surface area contributed by atoms with E-state index < -0.39 is 22.6 Å². The van der Waals surface area contributed by atoms with E-state index in [1.807, 2.05) is 13.0 Å². The maximum atomic E-state index is 12.2. The Kier molecular flexibility index (Phi) is 5.62. The molecule has 2 heterocycles. The summed E-state index contributed by atoms with van der Waals surface area (Å²) in [4.78, 5) is 10.5. The van der Waals surface area contributed by atoms with Crippen LogP contribution in [0.5, 0.6) is 5.88 Å². The van der Waals surface area contributed by atoms with Crippen LogP contribution in [0.3, 0.4) is 0 Å². The minimum absolute atomic E-state index is 0.140. The van der Waals surface area contributed by atoms with E-state index in [9.17, 15) is 21.6 Å². The Morgan fingerprint density at radius 2 is 1.96 bits per heavy atom. The van der Waals surface area contributed by atoms with Crippen LogP contribution in [0, 0.1) is 0 Å². The molecule has 0 bridgehead atoms. The molecule has 1 aromatic heterocycles. The second-order valence-electron chi connectivity index (χ2n) is 6.78. The van der Waals surface area contributed by atoms with Crippen LogP contribution in [0.15, 0.2) is 35.5 Å². The molecule has 1 aliphatic heterocycles. The monoisotopic (exact) mass is 415 g/mol. The molecule has 6 nitrogen and oxygen atoms in total. The van der Waals surface area contributed by atoms with Crippen LogP contribution in [-0.4, -0.2) is 48.9 Å². The lowest BCUT2D eigenvalue weighted by molar-refractivity contribution is -0.154. The van der Waals surface area contributed by atoms with Crippen molar-refractivity contribution >= 4 is 9.84 Å². The third-order valence-electron chi connectivity index (χ3n) is 4.66. The second kappa shape index (κ2) is 7.67. The number of hydrogen-bond donors (Lipinski definition) is 0. The molecule has 0 saturated carbocycles. The standard InChI is InChI=1S/C18H20F3N3O3S/c1-12(16-8-23-17(9-22-16)27-11-18(19,20)21)24-6-5-13-3-4-15(28(2,25)26)7-14(13)10-24/h3-4,7-9,12H,5-6,10-11H2,1-2H3. The first-order valence-corrected chi connectivity index (χ1v) is 10.5. The van der Waals surface area contributed by atoms with Gasteiger partial charge in [-0.25, -0.2) is 13.4 Å². The van der Waals surface area contributed by atoms with Gasteiger partial charge in [0.1, 0.15) is 0 Å². The maximum Gasteiger partial charge on any atom is 0.422 e. The smallest absolute Gasteiger partial charge is 0.422 e. The van der Waals surface area contributed by atoms with Crippen LogP contribution < -0.4 is 4.74 Å². The van der Waals surface area contributed by atoms with E-state index in [2.05, 4.69) is 19.6 Å². The zero-order chi connectivity index (χ0) is 20.5. The van der Waals surface area contributed by atoms with E-state index in [0.29, 0.717) is 12.2 Å². The van der Waals surface area contributed by atoms with Crippen LogP contribution in [0.25, 0.3) is 0 Å². The summed E-state index contributed by atoms with van der Waals surface area (Å²) in [6.07, 6.45) is 0.0928. The van der Waals surface area contributed by atoms with Crippen molar-refractivity contribution in [2.45, 2.75) is 37.0 Å². The lowest BCUT2D eigenvalue weighted by Crippen LogP contribution is -2.33. The summed E-state index contributed by atoms with van der Waals surface area (Å²) >= 11 is 0. The first-order valence-electron chi connectivity index (χ1n) is 8.60. The largest absolute Gasteiger partial charge is 0.467 e. The van der Waals surface area contributed by atoms with Gasteiger partial charge in [0.05, 0.1) is 29.0 Å². The van der Waals surface area contributed by atoms with Gasteiger partial charge in [-0.2, -0.15) is 13.2 Å². The van der Waals surface area contributed by atoms with Crippen molar-refractivity contribution in [2.24, 2.45) is 0 Å². The molecule has 1 aliphatic rings. The highest BCUT2D eigenvalue weighted by Gasteiger charge is 2.29. The normalized spacial score (nSPS) is 16.5. The highest BCUT2D eigenvalue weighted by atomic mass is 32.2. The highest BCUT2D eigenvalue weighted by Crippen LogP contribution is 2.28. The van der Waals surface area contributed by atoms with E-state index in [4.69, 9.17) is 0 Å². The van der Waals surface area contributed by atoms with Gasteiger partial charge in [0.15, 0.2) is 16.4 Å². The fourth-order valence-electron chi connectivity index (χ4n) is 3.08. The molecular weight excluding hydrogens is 395 g/mol. The van der Waals surface area contributed by atoms with Crippen molar-refractivity contribution in [1.29, 1.82) is 0 Å².